The van der Waals surface area contributed by atoms with Crippen molar-refractivity contribution >= 4 is 22.6 Å². The van der Waals surface area contributed by atoms with Crippen molar-refractivity contribution in [1.29, 1.82) is 0 Å². The highest BCUT2D eigenvalue weighted by Crippen LogP contribution is 2.14. The van der Waals surface area contributed by atoms with Crippen LogP contribution in [0.2, 0.25) is 0 Å². The van der Waals surface area contributed by atoms with E-state index in [9.17, 15) is 20.1 Å². The van der Waals surface area contributed by atoms with Crippen LogP contribution in [0, 0.1) is 27.2 Å². The van der Waals surface area contributed by atoms with E-state index in [-0.39, 0.29) is 22.1 Å². The first-order valence-electron chi connectivity index (χ1n) is 4.50. The molecule has 0 spiro atoms. The van der Waals surface area contributed by atoms with Gasteiger partial charge in [0.25, 0.3) is 5.69 Å². The lowest BCUT2D eigenvalue weighted by molar-refractivity contribution is -0.606. The zero-order valence-corrected chi connectivity index (χ0v) is 9.69. The van der Waals surface area contributed by atoms with Crippen LogP contribution >= 0.6 is 11.8 Å². The summed E-state index contributed by atoms with van der Waals surface area (Å²) < 4.78 is 0.440. The second kappa shape index (κ2) is 5.86. The van der Waals surface area contributed by atoms with E-state index in [2.05, 4.69) is 11.8 Å². The molecule has 0 unspecified atom stereocenters. The topological polar surface area (TPSA) is 87.2 Å². The van der Waals surface area contributed by atoms with Gasteiger partial charge in [-0.15, -0.1) is 0 Å². The van der Waals surface area contributed by atoms with Gasteiger partial charge in [0, 0.05) is 6.92 Å². The maximum atomic E-state index is 11.0. The molecule has 1 aromatic heterocycles. The van der Waals surface area contributed by atoms with E-state index in [0.717, 1.165) is 30.2 Å². The van der Waals surface area contributed by atoms with Gasteiger partial charge in [-0.1, -0.05) is 23.6 Å². The summed E-state index contributed by atoms with van der Waals surface area (Å²) >= 11 is 1.00. The third-order valence-corrected chi connectivity index (χ3v) is 2.37. The molecule has 0 amide bonds. The van der Waals surface area contributed by atoms with Gasteiger partial charge >= 0.3 is 0 Å². The molecule has 17 heavy (non-hydrogen) atoms. The molecule has 0 aliphatic rings. The largest absolute Gasteiger partial charge is 0.619 e. The Morgan fingerprint density at radius 2 is 2.35 bits per heavy atom. The minimum atomic E-state index is -0.609. The molecule has 0 aromatic carbocycles. The van der Waals surface area contributed by atoms with Gasteiger partial charge in [-0.25, -0.2) is 0 Å². The first-order chi connectivity index (χ1) is 8.00. The maximum absolute atomic E-state index is 11.0. The van der Waals surface area contributed by atoms with Crippen LogP contribution in [-0.2, 0) is 4.79 Å². The number of thioether (sulfide) groups is 1. The lowest BCUT2D eigenvalue weighted by Crippen LogP contribution is -2.25. The van der Waals surface area contributed by atoms with Crippen LogP contribution in [0.3, 0.4) is 0 Å². The third kappa shape index (κ3) is 4.12. The summed E-state index contributed by atoms with van der Waals surface area (Å²) in [6.07, 6.45) is 2.07. The second-order valence-electron chi connectivity index (χ2n) is 2.94. The molecule has 0 N–H and O–H groups in total. The summed E-state index contributed by atoms with van der Waals surface area (Å²) in [5.74, 6) is 5.33. The smallest absolute Gasteiger partial charge is 0.297 e. The van der Waals surface area contributed by atoms with Crippen molar-refractivity contribution in [3.8, 4) is 11.8 Å². The van der Waals surface area contributed by atoms with E-state index in [0.29, 0.717) is 4.73 Å². The molecule has 7 heteroatoms. The Hall–Kier alpha value is -2.07. The highest BCUT2D eigenvalue weighted by molar-refractivity contribution is 8.13. The Kier molecular flexibility index (Phi) is 4.48. The number of nitrogens with zero attached hydrogens (tertiary/aromatic N) is 2. The van der Waals surface area contributed by atoms with Gasteiger partial charge in [0.05, 0.1) is 16.7 Å². The normalized spacial score (nSPS) is 9.24. The molecule has 0 aliphatic carbocycles. The van der Waals surface area contributed by atoms with Crippen molar-refractivity contribution in [2.45, 2.75) is 6.92 Å². The first kappa shape index (κ1) is 13.0. The highest BCUT2D eigenvalue weighted by atomic mass is 32.2. The van der Waals surface area contributed by atoms with Crippen molar-refractivity contribution in [2.24, 2.45) is 0 Å². The summed E-state index contributed by atoms with van der Waals surface area (Å²) in [7, 11) is 0. The van der Waals surface area contributed by atoms with Crippen LogP contribution in [0.15, 0.2) is 18.5 Å². The molecule has 0 atom stereocenters. The lowest BCUT2D eigenvalue weighted by atomic mass is 10.2. The molecule has 0 fully saturated rings. The Morgan fingerprint density at radius 1 is 1.65 bits per heavy atom. The molecule has 0 radical (unpaired) electrons. The van der Waals surface area contributed by atoms with Crippen molar-refractivity contribution < 1.29 is 14.4 Å². The summed E-state index contributed by atoms with van der Waals surface area (Å²) in [6, 6.07) is 1.09. The highest BCUT2D eigenvalue weighted by Gasteiger charge is 2.14. The van der Waals surface area contributed by atoms with Crippen molar-refractivity contribution in [1.82, 2.24) is 0 Å². The summed E-state index contributed by atoms with van der Waals surface area (Å²) in [4.78, 5) is 20.6. The van der Waals surface area contributed by atoms with Crippen molar-refractivity contribution in [2.75, 3.05) is 5.75 Å². The SMILES string of the molecule is CC(=O)SCC#Cc1c[n+]([O-])ccc1[N+](=O)[O-]. The molecule has 0 aliphatic heterocycles. The first-order valence-corrected chi connectivity index (χ1v) is 5.48. The van der Waals surface area contributed by atoms with Crippen LogP contribution in [0.1, 0.15) is 12.5 Å². The van der Waals surface area contributed by atoms with Crippen LogP contribution < -0.4 is 4.73 Å². The predicted molar refractivity (Wildman–Crippen MR) is 62.1 cm³/mol. The van der Waals surface area contributed by atoms with Crippen molar-refractivity contribution in [3.05, 3.63) is 39.3 Å². The predicted octanol–water partition coefficient (Wildman–Crippen LogP) is 0.859. The van der Waals surface area contributed by atoms with Crippen molar-refractivity contribution in [3.63, 3.8) is 0 Å². The molecule has 1 aromatic rings. The molecule has 0 saturated heterocycles. The van der Waals surface area contributed by atoms with Crippen LogP contribution in [0.25, 0.3) is 0 Å². The van der Waals surface area contributed by atoms with E-state index in [1.54, 1.807) is 0 Å². The van der Waals surface area contributed by atoms with Gasteiger partial charge in [0.15, 0.2) is 16.9 Å². The molecule has 1 rings (SSSR count). The fourth-order valence-corrected chi connectivity index (χ4v) is 1.34. The van der Waals surface area contributed by atoms with E-state index in [4.69, 9.17) is 0 Å². The average molecular weight is 252 g/mol. The number of aromatic nitrogens is 1. The Bertz CT molecular complexity index is 519. The van der Waals surface area contributed by atoms with Gasteiger partial charge < -0.3 is 5.21 Å². The number of hydrogen-bond donors (Lipinski definition) is 0. The molecule has 88 valence electrons. The quantitative estimate of drug-likeness (QED) is 0.256. The number of nitro groups is 1. The molecular formula is C10H8N2O4S. The number of rotatable bonds is 2. The molecule has 0 bridgehead atoms. The zero-order chi connectivity index (χ0) is 12.8. The van der Waals surface area contributed by atoms with Gasteiger partial charge in [-0.3, -0.25) is 14.9 Å². The number of carbonyl (C=O) groups is 1. The van der Waals surface area contributed by atoms with E-state index in [1.807, 2.05) is 0 Å². The van der Waals surface area contributed by atoms with Gasteiger partial charge in [-0.2, -0.15) is 4.73 Å². The second-order valence-corrected chi connectivity index (χ2v) is 4.10. The zero-order valence-electron chi connectivity index (χ0n) is 8.87. The van der Waals surface area contributed by atoms with Gasteiger partial charge in [0.2, 0.25) is 6.20 Å². The summed E-state index contributed by atoms with van der Waals surface area (Å²) in [5.41, 5.74) is -0.186. The van der Waals surface area contributed by atoms with E-state index < -0.39 is 4.92 Å². The molecular weight excluding hydrogens is 244 g/mol. The summed E-state index contributed by atoms with van der Waals surface area (Å²) in [5, 5.41) is 21.5. The fourth-order valence-electron chi connectivity index (χ4n) is 0.995. The Morgan fingerprint density at radius 3 is 2.94 bits per heavy atom. The minimum absolute atomic E-state index is 0.0386. The van der Waals surface area contributed by atoms with E-state index >= 15 is 0 Å². The third-order valence-electron chi connectivity index (χ3n) is 1.68. The van der Waals surface area contributed by atoms with Gasteiger partial charge in [-0.05, 0) is 0 Å². The Balaban J connectivity index is 2.92. The fraction of sp³-hybridized carbons (Fsp3) is 0.200. The minimum Gasteiger partial charge on any atom is -0.619 e. The average Bonchev–Trinajstić information content (AvgIpc) is 2.23. The number of hydrogen-bond acceptors (Lipinski definition) is 5. The lowest BCUT2D eigenvalue weighted by Gasteiger charge is -1.96. The van der Waals surface area contributed by atoms with Crippen LogP contribution in [0.5, 0.6) is 0 Å². The van der Waals surface area contributed by atoms with E-state index in [1.165, 1.54) is 6.92 Å². The molecule has 1 heterocycles. The monoisotopic (exact) mass is 252 g/mol. The molecule has 0 saturated carbocycles. The van der Waals surface area contributed by atoms with Gasteiger partial charge in [0.1, 0.15) is 0 Å². The summed E-state index contributed by atoms with van der Waals surface area (Å²) in [6.45, 7) is 1.41. The van der Waals surface area contributed by atoms with Crippen LogP contribution in [0.4, 0.5) is 5.69 Å². The Labute approximate surface area is 101 Å². The molecule has 6 nitrogen and oxygen atoms in total. The number of carbonyl (C=O) groups excluding carboxylic acids is 1. The number of pyridine rings is 1. The maximum Gasteiger partial charge on any atom is 0.297 e. The standard InChI is InChI=1S/C10H8N2O4S/c1-8(13)17-6-2-3-9-7-11(14)5-4-10(9)12(15)16/h4-5,7H,6H2,1H3. The van der Waals surface area contributed by atoms with Crippen LogP contribution in [-0.4, -0.2) is 15.8 Å².